The molecule has 1 heterocycles. The van der Waals surface area contributed by atoms with E-state index >= 15 is 0 Å². The lowest BCUT2D eigenvalue weighted by atomic mass is 9.50. The van der Waals surface area contributed by atoms with Crippen molar-refractivity contribution in [1.82, 2.24) is 14.5 Å². The van der Waals surface area contributed by atoms with E-state index in [1.54, 1.807) is 16.9 Å². The Morgan fingerprint density at radius 1 is 1.36 bits per heavy atom. The van der Waals surface area contributed by atoms with Crippen LogP contribution in [0.25, 0.3) is 0 Å². The van der Waals surface area contributed by atoms with Crippen LogP contribution in [0.4, 0.5) is 0 Å². The first kappa shape index (κ1) is 14.7. The minimum Gasteiger partial charge on any atom is -0.327 e. The summed E-state index contributed by atoms with van der Waals surface area (Å²) in [6, 6.07) is 1.75. The number of sulfonamides is 1. The van der Waals surface area contributed by atoms with Gasteiger partial charge in [-0.25, -0.2) is 13.1 Å². The number of hydrogen-bond acceptors (Lipinski definition) is 4. The summed E-state index contributed by atoms with van der Waals surface area (Å²) in [5, 5.41) is 4.51. The first-order valence-corrected chi connectivity index (χ1v) is 9.79. The van der Waals surface area contributed by atoms with Gasteiger partial charge in [0.15, 0.2) is 5.03 Å². The van der Waals surface area contributed by atoms with Crippen LogP contribution in [0.15, 0.2) is 17.3 Å². The second-order valence-corrected chi connectivity index (χ2v) is 8.91. The molecule has 6 nitrogen and oxygen atoms in total. The van der Waals surface area contributed by atoms with E-state index in [-0.39, 0.29) is 17.5 Å². The fourth-order valence-electron chi connectivity index (χ4n) is 4.14. The third-order valence-corrected chi connectivity index (χ3v) is 7.61. The zero-order valence-corrected chi connectivity index (χ0v) is 13.6. The lowest BCUT2D eigenvalue weighted by Gasteiger charge is -2.60. The fraction of sp³-hybridized carbons (Fsp3) is 0.800. The van der Waals surface area contributed by atoms with Crippen LogP contribution in [0.5, 0.6) is 0 Å². The average Bonchev–Trinajstić information content (AvgIpc) is 2.79. The van der Waals surface area contributed by atoms with Crippen molar-refractivity contribution in [3.8, 4) is 0 Å². The van der Waals surface area contributed by atoms with Gasteiger partial charge in [-0.05, 0) is 44.1 Å². The molecule has 3 aliphatic carbocycles. The molecule has 0 radical (unpaired) electrons. The van der Waals surface area contributed by atoms with E-state index < -0.39 is 10.0 Å². The maximum Gasteiger partial charge on any atom is 0.257 e. The van der Waals surface area contributed by atoms with E-state index in [2.05, 4.69) is 9.82 Å². The molecule has 0 amide bonds. The van der Waals surface area contributed by atoms with Crippen LogP contribution in [0.3, 0.4) is 0 Å². The number of nitrogens with zero attached hydrogens (tertiary/aromatic N) is 2. The minimum atomic E-state index is -3.51. The van der Waals surface area contributed by atoms with Gasteiger partial charge in [-0.2, -0.15) is 5.10 Å². The molecule has 7 heteroatoms. The Hall–Kier alpha value is -0.920. The van der Waals surface area contributed by atoms with Gasteiger partial charge in [0.1, 0.15) is 0 Å². The molecule has 1 spiro atoms. The van der Waals surface area contributed by atoms with Gasteiger partial charge in [0.2, 0.25) is 0 Å². The second kappa shape index (κ2) is 5.04. The lowest BCUT2D eigenvalue weighted by molar-refractivity contribution is -0.0322. The number of aromatic nitrogens is 2. The first-order chi connectivity index (χ1) is 10.5. The Labute approximate surface area is 131 Å². The third kappa shape index (κ3) is 2.13. The summed E-state index contributed by atoms with van der Waals surface area (Å²) in [6.07, 6.45) is 9.17. The summed E-state index contributed by atoms with van der Waals surface area (Å²) in [7, 11) is -3.51. The number of nitrogens with one attached hydrogen (secondary N) is 1. The van der Waals surface area contributed by atoms with Gasteiger partial charge in [0, 0.05) is 24.0 Å². The molecule has 3 fully saturated rings. The van der Waals surface area contributed by atoms with Crippen molar-refractivity contribution < 1.29 is 8.42 Å². The van der Waals surface area contributed by atoms with Crippen LogP contribution < -0.4 is 10.5 Å². The fourth-order valence-corrected chi connectivity index (χ4v) is 5.61. The van der Waals surface area contributed by atoms with Crippen LogP contribution in [-0.4, -0.2) is 30.3 Å². The highest BCUT2D eigenvalue weighted by Crippen LogP contribution is 2.55. The maximum atomic E-state index is 12.7. The smallest absolute Gasteiger partial charge is 0.257 e. The van der Waals surface area contributed by atoms with Crippen molar-refractivity contribution in [2.24, 2.45) is 17.1 Å². The molecule has 122 valence electrons. The van der Waals surface area contributed by atoms with Gasteiger partial charge in [0.25, 0.3) is 10.0 Å². The Morgan fingerprint density at radius 3 is 2.68 bits per heavy atom. The van der Waals surface area contributed by atoms with Crippen molar-refractivity contribution in [3.05, 3.63) is 12.3 Å². The molecule has 3 N–H and O–H groups in total. The summed E-state index contributed by atoms with van der Waals surface area (Å²) >= 11 is 0. The van der Waals surface area contributed by atoms with E-state index in [0.29, 0.717) is 17.5 Å². The third-order valence-electron chi connectivity index (χ3n) is 6.11. The predicted molar refractivity (Wildman–Crippen MR) is 82.6 cm³/mol. The molecule has 22 heavy (non-hydrogen) atoms. The van der Waals surface area contributed by atoms with Crippen LogP contribution in [0.1, 0.15) is 44.9 Å². The van der Waals surface area contributed by atoms with Gasteiger partial charge in [0.05, 0.1) is 6.20 Å². The summed E-state index contributed by atoms with van der Waals surface area (Å²) < 4.78 is 30.0. The Balaban J connectivity index is 1.50. The lowest BCUT2D eigenvalue weighted by Crippen LogP contribution is -2.69. The van der Waals surface area contributed by atoms with Gasteiger partial charge in [-0.15, -0.1) is 0 Å². The Bertz CT molecular complexity index is 661. The summed E-state index contributed by atoms with van der Waals surface area (Å²) in [5.41, 5.74) is 6.14. The predicted octanol–water partition coefficient (Wildman–Crippen LogP) is 1.23. The molecule has 1 aromatic heterocycles. The number of nitrogens with two attached hydrogens (primary N) is 1. The summed E-state index contributed by atoms with van der Waals surface area (Å²) in [4.78, 5) is 0. The molecule has 4 rings (SSSR count). The topological polar surface area (TPSA) is 90.0 Å². The number of hydrogen-bond donors (Lipinski definition) is 2. The highest BCUT2D eigenvalue weighted by Gasteiger charge is 2.57. The molecule has 0 saturated heterocycles. The molecular formula is C15H24N4O2S. The highest BCUT2D eigenvalue weighted by molar-refractivity contribution is 7.89. The molecule has 2 unspecified atom stereocenters. The van der Waals surface area contributed by atoms with Gasteiger partial charge < -0.3 is 5.73 Å². The Kier molecular flexibility index (Phi) is 3.36. The highest BCUT2D eigenvalue weighted by atomic mass is 32.2. The minimum absolute atomic E-state index is 0.00620. The quantitative estimate of drug-likeness (QED) is 0.852. The van der Waals surface area contributed by atoms with Crippen molar-refractivity contribution >= 4 is 10.0 Å². The molecule has 0 aliphatic heterocycles. The SMILES string of the molecule is NC1CC(NS(=O)(=O)c2ccnn2CC2CCC2)C12CCC2. The van der Waals surface area contributed by atoms with E-state index in [1.165, 1.54) is 19.3 Å². The molecule has 3 aliphatic rings. The summed E-state index contributed by atoms with van der Waals surface area (Å²) in [5.74, 6) is 0.573. The summed E-state index contributed by atoms with van der Waals surface area (Å²) in [6.45, 7) is 0.707. The molecule has 0 aromatic carbocycles. The largest absolute Gasteiger partial charge is 0.327 e. The number of rotatable bonds is 5. The van der Waals surface area contributed by atoms with Crippen LogP contribution in [0, 0.1) is 11.3 Å². The molecule has 0 bridgehead atoms. The van der Waals surface area contributed by atoms with E-state index in [0.717, 1.165) is 25.7 Å². The van der Waals surface area contributed by atoms with Gasteiger partial charge >= 0.3 is 0 Å². The Morgan fingerprint density at radius 2 is 2.14 bits per heavy atom. The van der Waals surface area contributed by atoms with Crippen molar-refractivity contribution in [2.45, 2.75) is 68.6 Å². The first-order valence-electron chi connectivity index (χ1n) is 8.31. The molecular weight excluding hydrogens is 300 g/mol. The van der Waals surface area contributed by atoms with E-state index in [1.807, 2.05) is 0 Å². The average molecular weight is 324 g/mol. The molecule has 2 atom stereocenters. The van der Waals surface area contributed by atoms with Crippen molar-refractivity contribution in [3.63, 3.8) is 0 Å². The standard InChI is InChI=1S/C15H24N4O2S/c16-12-9-13(15(12)6-2-7-15)18-22(20,21)14-5-8-17-19(14)10-11-3-1-4-11/h5,8,11-13,18H,1-4,6-7,9-10,16H2. The van der Waals surface area contributed by atoms with Gasteiger partial charge in [-0.1, -0.05) is 12.8 Å². The second-order valence-electron chi connectivity index (χ2n) is 7.25. The van der Waals surface area contributed by atoms with Crippen molar-refractivity contribution in [2.75, 3.05) is 0 Å². The van der Waals surface area contributed by atoms with Crippen LogP contribution >= 0.6 is 0 Å². The van der Waals surface area contributed by atoms with Crippen molar-refractivity contribution in [1.29, 1.82) is 0 Å². The molecule has 3 saturated carbocycles. The zero-order chi connectivity index (χ0) is 15.4. The zero-order valence-electron chi connectivity index (χ0n) is 12.7. The van der Waals surface area contributed by atoms with Gasteiger partial charge in [-0.3, -0.25) is 4.68 Å². The normalized spacial score (nSPS) is 30.6. The van der Waals surface area contributed by atoms with E-state index in [4.69, 9.17) is 5.73 Å². The maximum absolute atomic E-state index is 12.7. The molecule has 1 aromatic rings. The monoisotopic (exact) mass is 324 g/mol. The van der Waals surface area contributed by atoms with Crippen LogP contribution in [-0.2, 0) is 16.6 Å². The van der Waals surface area contributed by atoms with E-state index in [9.17, 15) is 8.42 Å². The van der Waals surface area contributed by atoms with Crippen LogP contribution in [0.2, 0.25) is 0 Å².